The highest BCUT2D eigenvalue weighted by molar-refractivity contribution is 7.92. The lowest BCUT2D eigenvalue weighted by Crippen LogP contribution is -2.48. The van der Waals surface area contributed by atoms with Crippen LogP contribution in [0.3, 0.4) is 0 Å². The first-order valence-electron chi connectivity index (χ1n) is 13.6. The highest BCUT2D eigenvalue weighted by atomic mass is 32.2. The number of amides is 1. The second-order valence-corrected chi connectivity index (χ2v) is 12.9. The lowest BCUT2D eigenvalue weighted by atomic mass is 10.1. The molecule has 210 valence electrons. The van der Waals surface area contributed by atoms with E-state index in [1.807, 2.05) is 18.2 Å². The quantitative estimate of drug-likeness (QED) is 0.311. The molecule has 0 aliphatic carbocycles. The molecule has 1 fully saturated rings. The second kappa shape index (κ2) is 12.0. The van der Waals surface area contributed by atoms with E-state index in [1.54, 1.807) is 42.5 Å². The summed E-state index contributed by atoms with van der Waals surface area (Å²) in [6.45, 7) is 11.3. The third-order valence-corrected chi connectivity index (χ3v) is 10.4. The molecule has 1 amide bonds. The molecule has 0 saturated carbocycles. The van der Waals surface area contributed by atoms with Crippen LogP contribution in [0.15, 0.2) is 71.6 Å². The number of para-hydroxylation sites is 1. The Labute approximate surface area is 240 Å². The van der Waals surface area contributed by atoms with E-state index in [0.717, 1.165) is 43.4 Å². The number of piperazine rings is 1. The van der Waals surface area contributed by atoms with E-state index in [2.05, 4.69) is 41.1 Å². The average Bonchev–Trinajstić information content (AvgIpc) is 3.39. The average molecular weight is 578 g/mol. The number of nitrogens with zero attached hydrogens (tertiary/aromatic N) is 4. The number of hydrogen-bond donors (Lipinski definition) is 1. The molecule has 0 spiro atoms. The van der Waals surface area contributed by atoms with Gasteiger partial charge in [-0.05, 0) is 74.4 Å². The van der Waals surface area contributed by atoms with E-state index in [1.165, 1.54) is 32.3 Å². The lowest BCUT2D eigenvalue weighted by molar-refractivity contribution is 0.0947. The van der Waals surface area contributed by atoms with Crippen LogP contribution in [0.25, 0.3) is 10.2 Å². The Hall–Kier alpha value is -3.47. The molecule has 1 saturated heterocycles. The van der Waals surface area contributed by atoms with Gasteiger partial charge in [-0.1, -0.05) is 35.6 Å². The van der Waals surface area contributed by atoms with Gasteiger partial charge in [0.25, 0.3) is 15.9 Å². The minimum absolute atomic E-state index is 0.158. The van der Waals surface area contributed by atoms with Crippen LogP contribution in [0.1, 0.15) is 28.4 Å². The molecule has 0 unspecified atom stereocenters. The zero-order chi connectivity index (χ0) is 28.3. The van der Waals surface area contributed by atoms with Crippen molar-refractivity contribution < 1.29 is 13.2 Å². The van der Waals surface area contributed by atoms with Crippen LogP contribution < -0.4 is 14.5 Å². The summed E-state index contributed by atoms with van der Waals surface area (Å²) in [5, 5.41) is 4.05. The molecule has 0 radical (unpaired) electrons. The van der Waals surface area contributed by atoms with E-state index in [-0.39, 0.29) is 10.8 Å². The van der Waals surface area contributed by atoms with Gasteiger partial charge in [-0.25, -0.2) is 13.4 Å². The number of thiazole rings is 1. The zero-order valence-electron chi connectivity index (χ0n) is 23.1. The maximum absolute atomic E-state index is 13.2. The van der Waals surface area contributed by atoms with Gasteiger partial charge in [0, 0.05) is 51.4 Å². The summed E-state index contributed by atoms with van der Waals surface area (Å²) in [6.07, 6.45) is 0. The largest absolute Gasteiger partial charge is 0.351 e. The van der Waals surface area contributed by atoms with Crippen molar-refractivity contribution in [2.24, 2.45) is 0 Å². The number of aromatic nitrogens is 1. The summed E-state index contributed by atoms with van der Waals surface area (Å²) in [5.74, 6) is -0.210. The van der Waals surface area contributed by atoms with E-state index in [0.29, 0.717) is 24.3 Å². The van der Waals surface area contributed by atoms with Gasteiger partial charge in [0.05, 0.1) is 20.8 Å². The molecule has 1 N–H and O–H groups in total. The van der Waals surface area contributed by atoms with E-state index < -0.39 is 10.0 Å². The fourth-order valence-corrected chi connectivity index (χ4v) is 7.62. The van der Waals surface area contributed by atoms with Crippen LogP contribution in [-0.2, 0) is 10.0 Å². The fourth-order valence-electron chi connectivity index (χ4n) is 5.08. The number of anilines is 2. The standard InChI is InChI=1S/C30H35N5O3S2/c1-4-35(25-8-6-5-7-9-25)40(37,38)26-12-10-24(11-13-26)29(36)31-14-15-33-16-18-34(19-17-33)30-32-27-21-22(2)20-23(3)28(27)39-30/h5-13,20-21H,4,14-19H2,1-3H3,(H,31,36). The van der Waals surface area contributed by atoms with Gasteiger partial charge in [-0.3, -0.25) is 14.0 Å². The normalized spacial score (nSPS) is 14.4. The number of aryl methyl sites for hydroxylation is 2. The van der Waals surface area contributed by atoms with Gasteiger partial charge in [-0.15, -0.1) is 0 Å². The SMILES string of the molecule is CCN(c1ccccc1)S(=O)(=O)c1ccc(C(=O)NCCN2CCN(c3nc4cc(C)cc(C)c4s3)CC2)cc1. The summed E-state index contributed by atoms with van der Waals surface area (Å²) < 4.78 is 29.0. The van der Waals surface area contributed by atoms with Gasteiger partial charge in [0.2, 0.25) is 0 Å². The molecular formula is C30H35N5O3S2. The number of sulfonamides is 1. The van der Waals surface area contributed by atoms with Crippen LogP contribution >= 0.6 is 11.3 Å². The van der Waals surface area contributed by atoms with Crippen LogP contribution in [0.4, 0.5) is 10.8 Å². The highest BCUT2D eigenvalue weighted by Crippen LogP contribution is 2.32. The lowest BCUT2D eigenvalue weighted by Gasteiger charge is -2.34. The van der Waals surface area contributed by atoms with Gasteiger partial charge >= 0.3 is 0 Å². The molecule has 4 aromatic rings. The number of hydrogen-bond acceptors (Lipinski definition) is 7. The Kier molecular flexibility index (Phi) is 8.39. The number of benzene rings is 3. The summed E-state index contributed by atoms with van der Waals surface area (Å²) in [4.78, 5) is 22.5. The Balaban J connectivity index is 1.11. The molecule has 2 heterocycles. The van der Waals surface area contributed by atoms with Gasteiger partial charge in [-0.2, -0.15) is 0 Å². The first-order valence-corrected chi connectivity index (χ1v) is 15.8. The molecule has 40 heavy (non-hydrogen) atoms. The summed E-state index contributed by atoms with van der Waals surface area (Å²) in [7, 11) is -3.73. The Bertz CT molecular complexity index is 1580. The Morgan fingerprint density at radius 1 is 1.00 bits per heavy atom. The monoisotopic (exact) mass is 577 g/mol. The summed E-state index contributed by atoms with van der Waals surface area (Å²) in [5.41, 5.74) is 4.64. The molecule has 5 rings (SSSR count). The first-order chi connectivity index (χ1) is 19.3. The molecule has 1 aliphatic rings. The third-order valence-electron chi connectivity index (χ3n) is 7.20. The van der Waals surface area contributed by atoms with Gasteiger partial charge < -0.3 is 10.2 Å². The van der Waals surface area contributed by atoms with Crippen molar-refractivity contribution in [3.05, 3.63) is 83.4 Å². The van der Waals surface area contributed by atoms with Crippen molar-refractivity contribution in [1.29, 1.82) is 0 Å². The van der Waals surface area contributed by atoms with Gasteiger partial charge in [0.15, 0.2) is 5.13 Å². The van der Waals surface area contributed by atoms with E-state index in [9.17, 15) is 13.2 Å². The topological polar surface area (TPSA) is 85.8 Å². The predicted molar refractivity (Wildman–Crippen MR) is 163 cm³/mol. The van der Waals surface area contributed by atoms with Crippen LogP contribution in [0.5, 0.6) is 0 Å². The number of carbonyl (C=O) groups is 1. The van der Waals surface area contributed by atoms with E-state index >= 15 is 0 Å². The molecule has 0 bridgehead atoms. The first kappa shape index (κ1) is 28.1. The molecule has 3 aromatic carbocycles. The number of fused-ring (bicyclic) bond motifs is 1. The third kappa shape index (κ3) is 5.99. The fraction of sp³-hybridized carbons (Fsp3) is 0.333. The Morgan fingerprint density at radius 3 is 2.38 bits per heavy atom. The Morgan fingerprint density at radius 2 is 1.70 bits per heavy atom. The molecule has 8 nitrogen and oxygen atoms in total. The highest BCUT2D eigenvalue weighted by Gasteiger charge is 2.24. The zero-order valence-corrected chi connectivity index (χ0v) is 24.8. The maximum Gasteiger partial charge on any atom is 0.264 e. The van der Waals surface area contributed by atoms with Crippen molar-refractivity contribution in [1.82, 2.24) is 15.2 Å². The van der Waals surface area contributed by atoms with Crippen LogP contribution in [0, 0.1) is 13.8 Å². The molecule has 1 aromatic heterocycles. The predicted octanol–water partition coefficient (Wildman–Crippen LogP) is 4.68. The minimum Gasteiger partial charge on any atom is -0.351 e. The van der Waals surface area contributed by atoms with Crippen molar-refractivity contribution in [3.63, 3.8) is 0 Å². The van der Waals surface area contributed by atoms with Crippen molar-refractivity contribution >= 4 is 48.3 Å². The van der Waals surface area contributed by atoms with Crippen molar-refractivity contribution in [2.45, 2.75) is 25.7 Å². The summed E-state index contributed by atoms with van der Waals surface area (Å²) >= 11 is 1.76. The summed E-state index contributed by atoms with van der Waals surface area (Å²) in [6, 6.07) is 19.5. The number of rotatable bonds is 9. The minimum atomic E-state index is -3.73. The molecule has 10 heteroatoms. The van der Waals surface area contributed by atoms with Crippen LogP contribution in [0.2, 0.25) is 0 Å². The maximum atomic E-state index is 13.2. The smallest absolute Gasteiger partial charge is 0.264 e. The van der Waals surface area contributed by atoms with Crippen molar-refractivity contribution in [2.75, 3.05) is 55.0 Å². The van der Waals surface area contributed by atoms with Gasteiger partial charge in [0.1, 0.15) is 0 Å². The molecular weight excluding hydrogens is 542 g/mol. The van der Waals surface area contributed by atoms with Crippen LogP contribution in [-0.4, -0.2) is 70.0 Å². The second-order valence-electron chi connectivity index (χ2n) is 10.0. The number of nitrogens with one attached hydrogen (secondary N) is 1. The van der Waals surface area contributed by atoms with E-state index in [4.69, 9.17) is 4.98 Å². The molecule has 0 atom stereocenters. The number of carbonyl (C=O) groups excluding carboxylic acids is 1. The molecule has 1 aliphatic heterocycles. The van der Waals surface area contributed by atoms with Crippen molar-refractivity contribution in [3.8, 4) is 0 Å².